The molecule has 32 heavy (non-hydrogen) atoms. The lowest BCUT2D eigenvalue weighted by molar-refractivity contribution is -0.147. The van der Waals surface area contributed by atoms with Crippen LogP contribution in [0.4, 0.5) is 10.6 Å². The van der Waals surface area contributed by atoms with Gasteiger partial charge in [0.1, 0.15) is 36.5 Å². The number of carboxylic acids is 1. The van der Waals surface area contributed by atoms with Crippen LogP contribution in [-0.4, -0.2) is 71.7 Å². The molecule has 3 aliphatic rings. The molecule has 0 aromatic heterocycles. The fourth-order valence-electron chi connectivity index (χ4n) is 3.87. The van der Waals surface area contributed by atoms with Gasteiger partial charge >= 0.3 is 12.1 Å². The Bertz CT molecular complexity index is 954. The van der Waals surface area contributed by atoms with E-state index in [2.05, 4.69) is 20.3 Å². The van der Waals surface area contributed by atoms with Gasteiger partial charge in [0.05, 0.1) is 18.4 Å². The molecule has 12 heteroatoms. The molecule has 0 bridgehead atoms. The number of carbonyl (C=O) groups is 3. The van der Waals surface area contributed by atoms with Gasteiger partial charge in [-0.05, 0) is 33.6 Å². The van der Waals surface area contributed by atoms with Crippen molar-refractivity contribution in [3.8, 4) is 11.5 Å². The number of aromatic nitrogens is 4. The van der Waals surface area contributed by atoms with Crippen LogP contribution in [0.1, 0.15) is 46.5 Å². The van der Waals surface area contributed by atoms with Crippen LogP contribution in [0.25, 0.3) is 11.5 Å². The number of hydrogen-bond donors (Lipinski definition) is 3. The van der Waals surface area contributed by atoms with Crippen molar-refractivity contribution in [3.05, 3.63) is 12.7 Å². The summed E-state index contributed by atoms with van der Waals surface area (Å²) < 4.78 is 6.75. The first-order valence-electron chi connectivity index (χ1n) is 10.5. The molecule has 3 rings (SSSR count). The third kappa shape index (κ3) is 5.62. The van der Waals surface area contributed by atoms with Crippen molar-refractivity contribution in [2.75, 3.05) is 12.3 Å². The Morgan fingerprint density at radius 2 is 1.97 bits per heavy atom. The molecule has 0 aromatic carbocycles. The lowest BCUT2D eigenvalue weighted by Crippen LogP contribution is -2.57. The lowest BCUT2D eigenvalue weighted by Gasteiger charge is -2.39. The van der Waals surface area contributed by atoms with Crippen LogP contribution in [0, 0.1) is 0 Å². The van der Waals surface area contributed by atoms with Crippen LogP contribution in [0.5, 0.6) is 0 Å². The smallest absolute Gasteiger partial charge is 0.407 e. The number of aliphatic carboxylic acids is 1. The van der Waals surface area contributed by atoms with Crippen molar-refractivity contribution in [1.82, 2.24) is 29.7 Å². The fourth-order valence-corrected chi connectivity index (χ4v) is 3.87. The van der Waals surface area contributed by atoms with Crippen molar-refractivity contribution in [2.45, 2.75) is 70.7 Å². The maximum absolute atomic E-state index is 13.2. The second kappa shape index (κ2) is 9.37. The summed E-state index contributed by atoms with van der Waals surface area (Å²) in [5.74, 6) is -1.02. The Kier molecular flexibility index (Phi) is 6.80. The summed E-state index contributed by atoms with van der Waals surface area (Å²) in [6, 6.07) is -0.914. The standard InChI is InChI=1S/C20H29N7O5/c1-20(2,3)32-19(31)25-12-6-4-5-7-13(12)27(9-15(29)30)14(28)8-26-11-24-18-16(17(26)21)22-10-23-18/h10-13H,4-9,21H2,1-3H3,(H,25,31)(H,29,30)/t12-,13-/m0/s1. The molecule has 174 valence electrons. The average Bonchev–Trinajstić information content (AvgIpc) is 3.17. The summed E-state index contributed by atoms with van der Waals surface area (Å²) in [4.78, 5) is 50.5. The molecular formula is C20H29N7O5. The topological polar surface area (TPSA) is 166 Å². The van der Waals surface area contributed by atoms with Gasteiger partial charge in [0, 0.05) is 0 Å². The first kappa shape index (κ1) is 23.2. The zero-order valence-electron chi connectivity index (χ0n) is 18.4. The minimum Gasteiger partial charge on any atom is -0.480 e. The highest BCUT2D eigenvalue weighted by Crippen LogP contribution is 2.25. The molecule has 2 atom stereocenters. The van der Waals surface area contributed by atoms with Gasteiger partial charge in [-0.2, -0.15) is 0 Å². The molecule has 1 saturated carbocycles. The zero-order chi connectivity index (χ0) is 23.5. The monoisotopic (exact) mass is 447 g/mol. The van der Waals surface area contributed by atoms with Gasteiger partial charge in [-0.25, -0.2) is 19.7 Å². The van der Waals surface area contributed by atoms with Gasteiger partial charge in [0.2, 0.25) is 5.91 Å². The number of carbonyl (C=O) groups excluding carboxylic acids is 2. The first-order valence-corrected chi connectivity index (χ1v) is 10.5. The highest BCUT2D eigenvalue weighted by Gasteiger charge is 2.36. The molecule has 0 aromatic rings. The average molecular weight is 447 g/mol. The number of rotatable bonds is 6. The summed E-state index contributed by atoms with van der Waals surface area (Å²) in [5.41, 5.74) is 5.80. The van der Waals surface area contributed by atoms with E-state index in [1.807, 2.05) is 0 Å². The SMILES string of the molecule is CC(C)(C)OC(=O)N[C@H]1CCCC[C@@H]1N(CC(=O)O)C(=O)Cn1cnc2ncnc-2c1N. The van der Waals surface area contributed by atoms with E-state index in [-0.39, 0.29) is 12.4 Å². The van der Waals surface area contributed by atoms with Gasteiger partial charge in [-0.1, -0.05) is 12.8 Å². The molecule has 0 saturated heterocycles. The van der Waals surface area contributed by atoms with Crippen LogP contribution in [-0.2, 0) is 20.9 Å². The maximum Gasteiger partial charge on any atom is 0.407 e. The molecule has 12 nitrogen and oxygen atoms in total. The number of nitrogens with zero attached hydrogens (tertiary/aromatic N) is 5. The van der Waals surface area contributed by atoms with Crippen molar-refractivity contribution in [1.29, 1.82) is 0 Å². The van der Waals surface area contributed by atoms with E-state index in [9.17, 15) is 19.5 Å². The highest BCUT2D eigenvalue weighted by atomic mass is 16.6. The number of alkyl carbamates (subject to hydrolysis) is 1. The van der Waals surface area contributed by atoms with Gasteiger partial charge in [0.25, 0.3) is 0 Å². The fraction of sp³-hybridized carbons (Fsp3) is 0.600. The van der Waals surface area contributed by atoms with E-state index >= 15 is 0 Å². The maximum atomic E-state index is 13.2. The number of nitrogen functional groups attached to an aromatic ring is 1. The molecular weight excluding hydrogens is 418 g/mol. The van der Waals surface area contributed by atoms with Crippen LogP contribution < -0.4 is 11.1 Å². The van der Waals surface area contributed by atoms with Gasteiger partial charge in [-0.15, -0.1) is 0 Å². The number of nitrogens with one attached hydrogen (secondary N) is 1. The van der Waals surface area contributed by atoms with Crippen molar-refractivity contribution < 1.29 is 24.2 Å². The number of amides is 2. The number of nitrogens with two attached hydrogens (primary N) is 1. The summed E-state index contributed by atoms with van der Waals surface area (Å²) in [7, 11) is 0. The Hall–Kier alpha value is -3.44. The summed E-state index contributed by atoms with van der Waals surface area (Å²) >= 11 is 0. The van der Waals surface area contributed by atoms with E-state index in [4.69, 9.17) is 10.5 Å². The van der Waals surface area contributed by atoms with Crippen LogP contribution in [0.3, 0.4) is 0 Å². The van der Waals surface area contributed by atoms with Gasteiger partial charge < -0.3 is 30.4 Å². The van der Waals surface area contributed by atoms with Crippen molar-refractivity contribution in [2.24, 2.45) is 0 Å². The molecule has 1 fully saturated rings. The largest absolute Gasteiger partial charge is 0.480 e. The Balaban J connectivity index is 1.80. The minimum absolute atomic E-state index is 0.211. The number of anilines is 1. The van der Waals surface area contributed by atoms with Crippen LogP contribution in [0.15, 0.2) is 12.7 Å². The Labute approximate surface area is 185 Å². The van der Waals surface area contributed by atoms with E-state index in [1.54, 1.807) is 20.8 Å². The summed E-state index contributed by atoms with van der Waals surface area (Å²) in [6.45, 7) is 4.56. The Morgan fingerprint density at radius 1 is 1.25 bits per heavy atom. The molecule has 0 unspecified atom stereocenters. The number of carboxylic acid groups (broad SMARTS) is 1. The molecule has 4 N–H and O–H groups in total. The van der Waals surface area contributed by atoms with Crippen LogP contribution in [0.2, 0.25) is 0 Å². The normalized spacial score (nSPS) is 18.8. The zero-order valence-corrected chi connectivity index (χ0v) is 18.4. The molecule has 1 aliphatic carbocycles. The minimum atomic E-state index is -1.15. The molecule has 0 spiro atoms. The summed E-state index contributed by atoms with van der Waals surface area (Å²) in [5, 5.41) is 12.3. The third-order valence-electron chi connectivity index (χ3n) is 5.21. The van der Waals surface area contributed by atoms with E-state index in [1.165, 1.54) is 22.1 Å². The first-order chi connectivity index (χ1) is 15.0. The number of fused-ring (bicyclic) bond motifs is 1. The number of imidazole rings is 1. The number of ether oxygens (including phenoxy) is 1. The van der Waals surface area contributed by atoms with Gasteiger partial charge in [0.15, 0.2) is 5.82 Å². The molecule has 2 amide bonds. The number of hydrogen-bond acceptors (Lipinski definition) is 8. The van der Waals surface area contributed by atoms with Crippen LogP contribution >= 0.6 is 0 Å². The highest BCUT2D eigenvalue weighted by molar-refractivity contribution is 5.82. The molecule has 2 heterocycles. The molecule has 2 aliphatic heterocycles. The predicted molar refractivity (Wildman–Crippen MR) is 114 cm³/mol. The lowest BCUT2D eigenvalue weighted by atomic mass is 9.89. The Morgan fingerprint density at radius 3 is 2.66 bits per heavy atom. The third-order valence-corrected chi connectivity index (χ3v) is 5.21. The van der Waals surface area contributed by atoms with E-state index in [0.29, 0.717) is 24.4 Å². The van der Waals surface area contributed by atoms with E-state index < -0.39 is 42.2 Å². The van der Waals surface area contributed by atoms with Crippen molar-refractivity contribution >= 4 is 23.8 Å². The second-order valence-corrected chi connectivity index (χ2v) is 8.82. The second-order valence-electron chi connectivity index (χ2n) is 8.82. The van der Waals surface area contributed by atoms with E-state index in [0.717, 1.165) is 12.8 Å². The van der Waals surface area contributed by atoms with Gasteiger partial charge in [-0.3, -0.25) is 9.59 Å². The quantitative estimate of drug-likeness (QED) is 0.588. The molecule has 0 radical (unpaired) electrons. The summed E-state index contributed by atoms with van der Waals surface area (Å²) in [6.07, 6.45) is 4.94. The van der Waals surface area contributed by atoms with Crippen molar-refractivity contribution in [3.63, 3.8) is 0 Å². The predicted octanol–water partition coefficient (Wildman–Crippen LogP) is 1.11.